The second kappa shape index (κ2) is 7.13. The van der Waals surface area contributed by atoms with Gasteiger partial charge in [0.1, 0.15) is 5.75 Å². The summed E-state index contributed by atoms with van der Waals surface area (Å²) in [7, 11) is 1.73. The van der Waals surface area contributed by atoms with Crippen LogP contribution in [0, 0.1) is 5.92 Å². The van der Waals surface area contributed by atoms with Gasteiger partial charge in [-0.3, -0.25) is 9.63 Å². The molecular formula is C26H26N2O3. The highest BCUT2D eigenvalue weighted by atomic mass is 16.7. The second-order valence-corrected chi connectivity index (χ2v) is 8.80. The van der Waals surface area contributed by atoms with Gasteiger partial charge in [-0.15, -0.1) is 0 Å². The van der Waals surface area contributed by atoms with Crippen molar-refractivity contribution in [3.8, 4) is 16.9 Å². The van der Waals surface area contributed by atoms with E-state index in [2.05, 4.69) is 44.2 Å². The largest absolute Gasteiger partial charge is 0.493 e. The topological polar surface area (TPSA) is 64.8 Å². The third kappa shape index (κ3) is 3.00. The number of amides is 1. The Bertz CT molecular complexity index is 1150. The lowest BCUT2D eigenvalue weighted by Gasteiger charge is -2.52. The van der Waals surface area contributed by atoms with E-state index in [1.807, 2.05) is 29.3 Å². The Kier molecular flexibility index (Phi) is 4.52. The highest BCUT2D eigenvalue weighted by molar-refractivity contribution is 5.93. The normalized spacial score (nSPS) is 20.8. The van der Waals surface area contributed by atoms with Crippen LogP contribution in [0.4, 0.5) is 5.69 Å². The van der Waals surface area contributed by atoms with Gasteiger partial charge in [0.25, 0.3) is 0 Å². The van der Waals surface area contributed by atoms with Gasteiger partial charge < -0.3 is 10.5 Å². The molecule has 2 atom stereocenters. The van der Waals surface area contributed by atoms with Gasteiger partial charge in [-0.25, -0.2) is 5.06 Å². The lowest BCUT2D eigenvalue weighted by molar-refractivity contribution is 0.0442. The first-order valence-electron chi connectivity index (χ1n) is 10.5. The molecule has 3 aromatic rings. The maximum absolute atomic E-state index is 11.4. The first-order valence-corrected chi connectivity index (χ1v) is 10.5. The Morgan fingerprint density at radius 3 is 2.48 bits per heavy atom. The average Bonchev–Trinajstić information content (AvgIpc) is 2.79. The second-order valence-electron chi connectivity index (χ2n) is 8.80. The first-order chi connectivity index (χ1) is 14.9. The van der Waals surface area contributed by atoms with Gasteiger partial charge in [0.2, 0.25) is 5.91 Å². The van der Waals surface area contributed by atoms with Crippen molar-refractivity contribution < 1.29 is 14.4 Å². The zero-order valence-electron chi connectivity index (χ0n) is 18.0. The van der Waals surface area contributed by atoms with Crippen molar-refractivity contribution in [3.05, 3.63) is 83.4 Å². The van der Waals surface area contributed by atoms with Gasteiger partial charge in [0, 0.05) is 22.5 Å². The molecule has 2 N–H and O–H groups in total. The molecule has 0 unspecified atom stereocenters. The van der Waals surface area contributed by atoms with Crippen molar-refractivity contribution in [2.75, 3.05) is 18.8 Å². The Balaban J connectivity index is 1.63. The van der Waals surface area contributed by atoms with Crippen molar-refractivity contribution in [2.45, 2.75) is 25.3 Å². The van der Waals surface area contributed by atoms with E-state index in [0.29, 0.717) is 12.2 Å². The zero-order valence-corrected chi connectivity index (χ0v) is 18.0. The number of hydrogen-bond acceptors (Lipinski definition) is 4. The number of ether oxygens (including phenoxy) is 1. The maximum atomic E-state index is 11.4. The van der Waals surface area contributed by atoms with Gasteiger partial charge >= 0.3 is 0 Å². The summed E-state index contributed by atoms with van der Waals surface area (Å²) in [6.07, 6.45) is 0. The van der Waals surface area contributed by atoms with Gasteiger partial charge in [0.05, 0.1) is 25.4 Å². The van der Waals surface area contributed by atoms with Crippen LogP contribution in [0.1, 0.15) is 41.4 Å². The number of hydroxylamine groups is 1. The minimum Gasteiger partial charge on any atom is -0.493 e. The summed E-state index contributed by atoms with van der Waals surface area (Å²) >= 11 is 0. The van der Waals surface area contributed by atoms with Crippen LogP contribution in [0.15, 0.2) is 66.7 Å². The maximum Gasteiger partial charge on any atom is 0.248 e. The predicted molar refractivity (Wildman–Crippen MR) is 121 cm³/mol. The molecule has 0 saturated heterocycles. The number of primary amides is 1. The molecule has 0 saturated carbocycles. The van der Waals surface area contributed by atoms with Gasteiger partial charge in [-0.05, 0) is 47.0 Å². The summed E-state index contributed by atoms with van der Waals surface area (Å²) in [4.78, 5) is 17.4. The fourth-order valence-electron chi connectivity index (χ4n) is 5.05. The molecule has 0 bridgehead atoms. The molecule has 2 aliphatic rings. The Morgan fingerprint density at radius 1 is 1.06 bits per heavy atom. The third-order valence-corrected chi connectivity index (χ3v) is 6.84. The van der Waals surface area contributed by atoms with Crippen LogP contribution in [0.3, 0.4) is 0 Å². The van der Waals surface area contributed by atoms with Gasteiger partial charge in [-0.1, -0.05) is 50.2 Å². The van der Waals surface area contributed by atoms with Crippen molar-refractivity contribution in [3.63, 3.8) is 0 Å². The average molecular weight is 415 g/mol. The first kappa shape index (κ1) is 19.6. The standard InChI is InChI=1S/C26H26N2O3/c1-26(2)20-14-18(16-8-10-17(11-9-16)25(27)29)12-13-22(20)28(30-3)24-19-6-4-5-7-23(19)31-15-21(24)26/h4-14,21,24H,15H2,1-3H3,(H2,27,29)/t21-,24+/m0/s1. The van der Waals surface area contributed by atoms with E-state index >= 15 is 0 Å². The van der Waals surface area contributed by atoms with Crippen LogP contribution in [-0.4, -0.2) is 19.6 Å². The SMILES string of the molecule is CON1c2ccc(-c3ccc(C(N)=O)cc3)cc2C(C)(C)[C@H]2COc3ccccc3[C@H]21. The molecule has 31 heavy (non-hydrogen) atoms. The molecule has 2 heterocycles. The molecule has 0 aliphatic carbocycles. The molecule has 0 aromatic heterocycles. The minimum atomic E-state index is -0.419. The van der Waals surface area contributed by atoms with E-state index in [1.54, 1.807) is 19.2 Å². The fraction of sp³-hybridized carbons (Fsp3) is 0.269. The van der Waals surface area contributed by atoms with Crippen LogP contribution in [0.2, 0.25) is 0 Å². The van der Waals surface area contributed by atoms with Crippen LogP contribution < -0.4 is 15.5 Å². The van der Waals surface area contributed by atoms with Gasteiger partial charge in [-0.2, -0.15) is 0 Å². The van der Waals surface area contributed by atoms with E-state index in [4.69, 9.17) is 15.3 Å². The summed E-state index contributed by atoms with van der Waals surface area (Å²) in [5.74, 6) is 0.732. The summed E-state index contributed by atoms with van der Waals surface area (Å²) in [6, 6.07) is 22.2. The molecule has 5 nitrogen and oxygen atoms in total. The van der Waals surface area contributed by atoms with E-state index in [0.717, 1.165) is 28.1 Å². The zero-order chi connectivity index (χ0) is 21.8. The highest BCUT2D eigenvalue weighted by Crippen LogP contribution is 2.55. The predicted octanol–water partition coefficient (Wildman–Crippen LogP) is 4.86. The van der Waals surface area contributed by atoms with E-state index in [-0.39, 0.29) is 17.4 Å². The number of nitrogens with zero attached hydrogens (tertiary/aromatic N) is 1. The van der Waals surface area contributed by atoms with Crippen LogP contribution in [0.5, 0.6) is 5.75 Å². The highest BCUT2D eigenvalue weighted by Gasteiger charge is 2.50. The Hall–Kier alpha value is -3.31. The van der Waals surface area contributed by atoms with Crippen molar-refractivity contribution >= 4 is 11.6 Å². The number of fused-ring (bicyclic) bond motifs is 4. The summed E-state index contributed by atoms with van der Waals surface area (Å²) < 4.78 is 6.16. The molecular weight excluding hydrogens is 388 g/mol. The fourth-order valence-corrected chi connectivity index (χ4v) is 5.05. The number of anilines is 1. The minimum absolute atomic E-state index is 0.0816. The quantitative estimate of drug-likeness (QED) is 0.665. The third-order valence-electron chi connectivity index (χ3n) is 6.84. The van der Waals surface area contributed by atoms with Crippen LogP contribution in [0.25, 0.3) is 11.1 Å². The Morgan fingerprint density at radius 2 is 1.77 bits per heavy atom. The van der Waals surface area contributed by atoms with E-state index in [9.17, 15) is 4.79 Å². The number of para-hydroxylation sites is 1. The summed E-state index contributed by atoms with van der Waals surface area (Å²) in [5.41, 5.74) is 11.3. The van der Waals surface area contributed by atoms with Crippen molar-refractivity contribution in [1.82, 2.24) is 0 Å². The lowest BCUT2D eigenvalue weighted by Crippen LogP contribution is -2.51. The Labute approximate surface area is 182 Å². The van der Waals surface area contributed by atoms with E-state index < -0.39 is 5.91 Å². The van der Waals surface area contributed by atoms with Crippen LogP contribution >= 0.6 is 0 Å². The molecule has 5 heteroatoms. The van der Waals surface area contributed by atoms with Crippen LogP contribution in [-0.2, 0) is 10.3 Å². The number of benzene rings is 3. The monoisotopic (exact) mass is 414 g/mol. The van der Waals surface area contributed by atoms with Crippen molar-refractivity contribution in [2.24, 2.45) is 11.7 Å². The molecule has 5 rings (SSSR count). The number of rotatable bonds is 3. The van der Waals surface area contributed by atoms with E-state index in [1.165, 1.54) is 5.56 Å². The number of nitrogens with two attached hydrogens (primary N) is 1. The molecule has 0 fully saturated rings. The summed E-state index contributed by atoms with van der Waals surface area (Å²) in [5, 5.41) is 2.03. The molecule has 3 aromatic carbocycles. The number of carbonyl (C=O) groups is 1. The molecule has 0 spiro atoms. The molecule has 0 radical (unpaired) electrons. The molecule has 158 valence electrons. The molecule has 1 amide bonds. The lowest BCUT2D eigenvalue weighted by atomic mass is 9.65. The smallest absolute Gasteiger partial charge is 0.248 e. The number of carbonyl (C=O) groups excluding carboxylic acids is 1. The summed E-state index contributed by atoms with van der Waals surface area (Å²) in [6.45, 7) is 5.20. The van der Waals surface area contributed by atoms with Gasteiger partial charge in [0.15, 0.2) is 0 Å². The van der Waals surface area contributed by atoms with Crippen molar-refractivity contribution in [1.29, 1.82) is 0 Å². The number of hydrogen-bond donors (Lipinski definition) is 1. The molecule has 2 aliphatic heterocycles.